The fourth-order valence-corrected chi connectivity index (χ4v) is 4.26. The summed E-state index contributed by atoms with van der Waals surface area (Å²) in [5.74, 6) is 0.593. The Labute approximate surface area is 163 Å². The normalized spacial score (nSPS) is 15.4. The number of nitrogens with one attached hydrogen (secondary N) is 2. The smallest absolute Gasteiger partial charge is 0.280 e. The number of nitrogens with zero attached hydrogens (tertiary/aromatic N) is 2. The Morgan fingerprint density at radius 3 is 2.74 bits per heavy atom. The number of amides is 2. The molecular weight excluding hydrogens is 360 g/mol. The van der Waals surface area contributed by atoms with E-state index in [2.05, 4.69) is 20.6 Å². The number of hydrogen-bond acceptors (Lipinski definition) is 5. The zero-order valence-corrected chi connectivity index (χ0v) is 16.5. The molecule has 1 aliphatic rings. The van der Waals surface area contributed by atoms with Gasteiger partial charge in [0.15, 0.2) is 5.01 Å². The Morgan fingerprint density at radius 2 is 2.04 bits per heavy atom. The van der Waals surface area contributed by atoms with Crippen LogP contribution in [0, 0.1) is 12.3 Å². The Hall–Kier alpha value is -2.28. The van der Waals surface area contributed by atoms with Crippen molar-refractivity contribution in [3.8, 4) is 0 Å². The number of anilines is 1. The van der Waals surface area contributed by atoms with Gasteiger partial charge >= 0.3 is 0 Å². The van der Waals surface area contributed by atoms with Gasteiger partial charge in [-0.15, -0.1) is 11.3 Å². The van der Waals surface area contributed by atoms with Gasteiger partial charge in [-0.3, -0.25) is 9.59 Å². The van der Waals surface area contributed by atoms with Crippen molar-refractivity contribution in [2.45, 2.75) is 51.9 Å². The largest absolute Gasteiger partial charge is 0.350 e. The lowest BCUT2D eigenvalue weighted by molar-refractivity contribution is -0.125. The van der Waals surface area contributed by atoms with Crippen molar-refractivity contribution in [2.24, 2.45) is 5.41 Å². The van der Waals surface area contributed by atoms with Crippen LogP contribution in [0.3, 0.4) is 0 Å². The van der Waals surface area contributed by atoms with Crippen LogP contribution in [0.5, 0.6) is 0 Å². The van der Waals surface area contributed by atoms with Crippen LogP contribution < -0.4 is 10.6 Å². The summed E-state index contributed by atoms with van der Waals surface area (Å²) in [5.41, 5.74) is 0.592. The van der Waals surface area contributed by atoms with Crippen molar-refractivity contribution in [3.05, 3.63) is 40.5 Å². The molecule has 144 valence electrons. The molecule has 2 N–H and O–H groups in total. The molecule has 0 atom stereocenters. The summed E-state index contributed by atoms with van der Waals surface area (Å²) in [4.78, 5) is 33.2. The van der Waals surface area contributed by atoms with Gasteiger partial charge < -0.3 is 10.6 Å². The predicted octanol–water partition coefficient (Wildman–Crippen LogP) is 3.95. The fourth-order valence-electron chi connectivity index (χ4n) is 3.71. The highest BCUT2D eigenvalue weighted by atomic mass is 32.1. The first-order chi connectivity index (χ1) is 13.1. The molecule has 2 aromatic rings. The van der Waals surface area contributed by atoms with Gasteiger partial charge in [0.1, 0.15) is 5.82 Å². The summed E-state index contributed by atoms with van der Waals surface area (Å²) in [6.45, 7) is 2.52. The van der Waals surface area contributed by atoms with E-state index in [4.69, 9.17) is 0 Å². The van der Waals surface area contributed by atoms with E-state index in [-0.39, 0.29) is 17.2 Å². The first kappa shape index (κ1) is 19.5. The fraction of sp³-hybridized carbons (Fsp3) is 0.500. The standard InChI is InChI=1S/C20H26N4O2S/c1-15-7-6-8-16(23-15)24-19(26)20(9-2-3-10-20)11-4-5-12-21-17(25)18-22-13-14-27-18/h6-8,13-14H,2-5,9-12H2,1H3,(H,21,25)(H,23,24,26). The van der Waals surface area contributed by atoms with Crippen molar-refractivity contribution >= 4 is 29.0 Å². The minimum Gasteiger partial charge on any atom is -0.350 e. The van der Waals surface area contributed by atoms with Crippen molar-refractivity contribution in [3.63, 3.8) is 0 Å². The van der Waals surface area contributed by atoms with E-state index < -0.39 is 0 Å². The lowest BCUT2D eigenvalue weighted by Crippen LogP contribution is -2.34. The molecule has 0 saturated heterocycles. The van der Waals surface area contributed by atoms with Crippen molar-refractivity contribution in [2.75, 3.05) is 11.9 Å². The minimum absolute atomic E-state index is 0.0879. The second-order valence-electron chi connectivity index (χ2n) is 7.16. The van der Waals surface area contributed by atoms with E-state index >= 15 is 0 Å². The number of pyridine rings is 1. The molecular formula is C20H26N4O2S. The van der Waals surface area contributed by atoms with Gasteiger partial charge in [0.25, 0.3) is 5.91 Å². The first-order valence-electron chi connectivity index (χ1n) is 9.52. The van der Waals surface area contributed by atoms with E-state index in [1.54, 1.807) is 11.6 Å². The zero-order chi connectivity index (χ0) is 19.1. The van der Waals surface area contributed by atoms with Crippen molar-refractivity contribution in [1.29, 1.82) is 0 Å². The van der Waals surface area contributed by atoms with Gasteiger partial charge in [-0.25, -0.2) is 9.97 Å². The Morgan fingerprint density at radius 1 is 1.22 bits per heavy atom. The SMILES string of the molecule is Cc1cccc(NC(=O)C2(CCCCNC(=O)c3nccs3)CCCC2)n1. The molecule has 6 nitrogen and oxygen atoms in total. The number of thiazole rings is 1. The Bertz CT molecular complexity index is 770. The number of unbranched alkanes of at least 4 members (excludes halogenated alkanes) is 1. The lowest BCUT2D eigenvalue weighted by atomic mass is 9.80. The molecule has 7 heteroatoms. The molecule has 27 heavy (non-hydrogen) atoms. The van der Waals surface area contributed by atoms with Crippen LogP contribution in [0.15, 0.2) is 29.8 Å². The Kier molecular flexibility index (Phi) is 6.55. The van der Waals surface area contributed by atoms with Gasteiger partial charge in [-0.05, 0) is 44.7 Å². The molecule has 3 rings (SSSR count). The topological polar surface area (TPSA) is 84.0 Å². The van der Waals surface area contributed by atoms with E-state index in [1.807, 2.05) is 25.1 Å². The van der Waals surface area contributed by atoms with Crippen LogP contribution in [0.1, 0.15) is 60.4 Å². The van der Waals surface area contributed by atoms with Crippen LogP contribution in [-0.4, -0.2) is 28.3 Å². The Balaban J connectivity index is 1.48. The highest BCUT2D eigenvalue weighted by molar-refractivity contribution is 7.11. The molecule has 0 aromatic carbocycles. The third-order valence-corrected chi connectivity index (χ3v) is 5.94. The lowest BCUT2D eigenvalue weighted by Gasteiger charge is -2.27. The van der Waals surface area contributed by atoms with Gasteiger partial charge in [-0.1, -0.05) is 25.3 Å². The number of rotatable bonds is 8. The molecule has 1 saturated carbocycles. The van der Waals surface area contributed by atoms with Gasteiger partial charge in [0.05, 0.1) is 0 Å². The van der Waals surface area contributed by atoms with E-state index in [9.17, 15) is 9.59 Å². The van der Waals surface area contributed by atoms with E-state index in [0.29, 0.717) is 17.4 Å². The summed E-state index contributed by atoms with van der Waals surface area (Å²) in [5, 5.41) is 8.20. The van der Waals surface area contributed by atoms with Crippen LogP contribution >= 0.6 is 11.3 Å². The van der Waals surface area contributed by atoms with Gasteiger partial charge in [0, 0.05) is 29.2 Å². The molecule has 2 aromatic heterocycles. The monoisotopic (exact) mass is 386 g/mol. The molecule has 0 aliphatic heterocycles. The molecule has 0 bridgehead atoms. The maximum atomic E-state index is 12.9. The maximum Gasteiger partial charge on any atom is 0.280 e. The van der Waals surface area contributed by atoms with Crippen molar-refractivity contribution in [1.82, 2.24) is 15.3 Å². The molecule has 2 amide bonds. The molecule has 1 fully saturated rings. The van der Waals surface area contributed by atoms with Crippen LogP contribution in [-0.2, 0) is 4.79 Å². The summed E-state index contributed by atoms with van der Waals surface area (Å²) in [7, 11) is 0. The second-order valence-corrected chi connectivity index (χ2v) is 8.05. The number of hydrogen-bond donors (Lipinski definition) is 2. The molecule has 1 aliphatic carbocycles. The number of carbonyl (C=O) groups is 2. The van der Waals surface area contributed by atoms with Gasteiger partial charge in [-0.2, -0.15) is 0 Å². The molecule has 0 radical (unpaired) electrons. The average molecular weight is 387 g/mol. The number of aryl methyl sites for hydroxylation is 1. The number of carbonyl (C=O) groups excluding carboxylic acids is 2. The second kappa shape index (κ2) is 9.08. The third kappa shape index (κ3) is 5.13. The average Bonchev–Trinajstić information content (AvgIpc) is 3.34. The zero-order valence-electron chi connectivity index (χ0n) is 15.7. The third-order valence-electron chi connectivity index (χ3n) is 5.17. The van der Waals surface area contributed by atoms with E-state index in [0.717, 1.165) is 50.6 Å². The van der Waals surface area contributed by atoms with Gasteiger partial charge in [0.2, 0.25) is 5.91 Å². The van der Waals surface area contributed by atoms with Crippen LogP contribution in [0.25, 0.3) is 0 Å². The maximum absolute atomic E-state index is 12.9. The van der Waals surface area contributed by atoms with Crippen LogP contribution in [0.4, 0.5) is 5.82 Å². The van der Waals surface area contributed by atoms with Crippen molar-refractivity contribution < 1.29 is 9.59 Å². The predicted molar refractivity (Wildman–Crippen MR) is 107 cm³/mol. The summed E-state index contributed by atoms with van der Waals surface area (Å²) in [6, 6.07) is 5.66. The minimum atomic E-state index is -0.301. The molecule has 2 heterocycles. The quantitative estimate of drug-likeness (QED) is 0.673. The summed E-state index contributed by atoms with van der Waals surface area (Å²) < 4.78 is 0. The van der Waals surface area contributed by atoms with Crippen LogP contribution in [0.2, 0.25) is 0 Å². The summed E-state index contributed by atoms with van der Waals surface area (Å²) in [6.07, 6.45) is 8.28. The first-order valence-corrected chi connectivity index (χ1v) is 10.4. The number of aromatic nitrogens is 2. The highest BCUT2D eigenvalue weighted by Crippen LogP contribution is 2.43. The molecule has 0 spiro atoms. The molecule has 0 unspecified atom stereocenters. The van der Waals surface area contributed by atoms with E-state index in [1.165, 1.54) is 11.3 Å². The highest BCUT2D eigenvalue weighted by Gasteiger charge is 2.40. The summed E-state index contributed by atoms with van der Waals surface area (Å²) >= 11 is 1.34.